The van der Waals surface area contributed by atoms with Gasteiger partial charge in [0.15, 0.2) is 0 Å². The normalized spacial score (nSPS) is 12.9. The van der Waals surface area contributed by atoms with Crippen LogP contribution < -0.4 is 11.3 Å². The van der Waals surface area contributed by atoms with Gasteiger partial charge in [-0.15, -0.1) is 0 Å². The number of nitrogens with one attached hydrogen (secondary N) is 1. The molecule has 5 nitrogen and oxygen atoms in total. The van der Waals surface area contributed by atoms with Gasteiger partial charge in [-0.25, -0.2) is 5.43 Å². The first-order valence-electron chi connectivity index (χ1n) is 4.87. The third-order valence-corrected chi connectivity index (χ3v) is 2.30. The standard InChI is InChI=1S/C10H14N4O/c1-2-14-7-8(6-12-14)10(13-11)9-4-3-5-15-9/h3-7,10,13H,2,11H2,1H3. The summed E-state index contributed by atoms with van der Waals surface area (Å²) in [6, 6.07) is 3.58. The summed E-state index contributed by atoms with van der Waals surface area (Å²) in [6.07, 6.45) is 5.37. The fraction of sp³-hybridized carbons (Fsp3) is 0.300. The molecule has 0 aliphatic rings. The fourth-order valence-corrected chi connectivity index (χ4v) is 1.50. The maximum atomic E-state index is 5.50. The van der Waals surface area contributed by atoms with Crippen LogP contribution in [0.25, 0.3) is 0 Å². The van der Waals surface area contributed by atoms with Crippen molar-refractivity contribution in [1.29, 1.82) is 0 Å². The van der Waals surface area contributed by atoms with Crippen molar-refractivity contribution < 1.29 is 4.42 Å². The number of rotatable bonds is 4. The van der Waals surface area contributed by atoms with E-state index in [0.717, 1.165) is 17.9 Å². The Kier molecular flexibility index (Phi) is 2.84. The Balaban J connectivity index is 2.27. The zero-order chi connectivity index (χ0) is 10.7. The Morgan fingerprint density at radius 2 is 2.53 bits per heavy atom. The van der Waals surface area contributed by atoms with Crippen LogP contribution in [0.1, 0.15) is 24.3 Å². The minimum absolute atomic E-state index is 0.139. The number of hydrazine groups is 1. The first-order valence-corrected chi connectivity index (χ1v) is 4.87. The Morgan fingerprint density at radius 1 is 1.67 bits per heavy atom. The monoisotopic (exact) mass is 206 g/mol. The molecular formula is C10H14N4O. The summed E-state index contributed by atoms with van der Waals surface area (Å²) in [7, 11) is 0. The van der Waals surface area contributed by atoms with E-state index in [1.165, 1.54) is 0 Å². The van der Waals surface area contributed by atoms with Crippen molar-refractivity contribution in [2.75, 3.05) is 0 Å². The summed E-state index contributed by atoms with van der Waals surface area (Å²) < 4.78 is 7.15. The van der Waals surface area contributed by atoms with Crippen LogP contribution in [0.2, 0.25) is 0 Å². The molecule has 2 rings (SSSR count). The van der Waals surface area contributed by atoms with Gasteiger partial charge in [0.1, 0.15) is 11.8 Å². The van der Waals surface area contributed by atoms with E-state index in [2.05, 4.69) is 10.5 Å². The van der Waals surface area contributed by atoms with Crippen LogP contribution in [-0.2, 0) is 6.54 Å². The molecule has 0 amide bonds. The van der Waals surface area contributed by atoms with E-state index in [9.17, 15) is 0 Å². The van der Waals surface area contributed by atoms with Crippen LogP contribution in [0.5, 0.6) is 0 Å². The third-order valence-electron chi connectivity index (χ3n) is 2.30. The second-order valence-corrected chi connectivity index (χ2v) is 3.24. The lowest BCUT2D eigenvalue weighted by molar-refractivity contribution is 0.452. The van der Waals surface area contributed by atoms with Crippen molar-refractivity contribution in [2.24, 2.45) is 5.84 Å². The molecule has 2 heterocycles. The molecule has 0 aliphatic heterocycles. The Bertz CT molecular complexity index is 407. The van der Waals surface area contributed by atoms with Gasteiger partial charge in [-0.3, -0.25) is 10.5 Å². The summed E-state index contributed by atoms with van der Waals surface area (Å²) >= 11 is 0. The Labute approximate surface area is 87.8 Å². The van der Waals surface area contributed by atoms with Gasteiger partial charge in [-0.2, -0.15) is 5.10 Å². The summed E-state index contributed by atoms with van der Waals surface area (Å²) in [4.78, 5) is 0. The average molecular weight is 206 g/mol. The quantitative estimate of drug-likeness (QED) is 0.579. The van der Waals surface area contributed by atoms with Gasteiger partial charge in [0.25, 0.3) is 0 Å². The van der Waals surface area contributed by atoms with Crippen molar-refractivity contribution in [2.45, 2.75) is 19.5 Å². The summed E-state index contributed by atoms with van der Waals surface area (Å²) in [6.45, 7) is 2.88. The molecular weight excluding hydrogens is 192 g/mol. The molecule has 2 aromatic rings. The lowest BCUT2D eigenvalue weighted by Crippen LogP contribution is -2.28. The minimum atomic E-state index is -0.139. The van der Waals surface area contributed by atoms with E-state index in [-0.39, 0.29) is 6.04 Å². The highest BCUT2D eigenvalue weighted by molar-refractivity contribution is 5.21. The molecule has 1 unspecified atom stereocenters. The molecule has 0 saturated heterocycles. The molecule has 0 fully saturated rings. The molecule has 0 aromatic carbocycles. The van der Waals surface area contributed by atoms with E-state index < -0.39 is 0 Å². The van der Waals surface area contributed by atoms with Gasteiger partial charge >= 0.3 is 0 Å². The number of nitrogens with two attached hydrogens (primary N) is 1. The predicted molar refractivity (Wildman–Crippen MR) is 55.8 cm³/mol. The van der Waals surface area contributed by atoms with Crippen molar-refractivity contribution in [3.05, 3.63) is 42.1 Å². The van der Waals surface area contributed by atoms with E-state index in [4.69, 9.17) is 10.3 Å². The highest BCUT2D eigenvalue weighted by Gasteiger charge is 2.16. The lowest BCUT2D eigenvalue weighted by Gasteiger charge is -2.10. The van der Waals surface area contributed by atoms with Crippen LogP contribution in [0.15, 0.2) is 35.2 Å². The maximum Gasteiger partial charge on any atom is 0.126 e. The van der Waals surface area contributed by atoms with Gasteiger partial charge in [-0.05, 0) is 19.1 Å². The molecule has 0 radical (unpaired) electrons. The van der Waals surface area contributed by atoms with Gasteiger partial charge < -0.3 is 4.42 Å². The van der Waals surface area contributed by atoms with Crippen molar-refractivity contribution in [3.63, 3.8) is 0 Å². The molecule has 2 aromatic heterocycles. The van der Waals surface area contributed by atoms with Gasteiger partial charge in [-0.1, -0.05) is 0 Å². The SMILES string of the molecule is CCn1cc(C(NN)c2ccco2)cn1. The summed E-state index contributed by atoms with van der Waals surface area (Å²) in [5.74, 6) is 6.29. The van der Waals surface area contributed by atoms with Gasteiger partial charge in [0.05, 0.1) is 12.5 Å². The number of nitrogens with zero attached hydrogens (tertiary/aromatic N) is 2. The van der Waals surface area contributed by atoms with E-state index in [0.29, 0.717) is 0 Å². The average Bonchev–Trinajstić information content (AvgIpc) is 2.89. The molecule has 15 heavy (non-hydrogen) atoms. The molecule has 80 valence electrons. The molecule has 3 N–H and O–H groups in total. The van der Waals surface area contributed by atoms with Crippen LogP contribution >= 0.6 is 0 Å². The van der Waals surface area contributed by atoms with Crippen molar-refractivity contribution in [3.8, 4) is 0 Å². The second kappa shape index (κ2) is 4.29. The first-order chi connectivity index (χ1) is 7.35. The number of aryl methyl sites for hydroxylation is 1. The van der Waals surface area contributed by atoms with E-state index >= 15 is 0 Å². The van der Waals surface area contributed by atoms with Crippen molar-refractivity contribution >= 4 is 0 Å². The van der Waals surface area contributed by atoms with Gasteiger partial charge in [0, 0.05) is 18.3 Å². The number of aromatic nitrogens is 2. The van der Waals surface area contributed by atoms with E-state index in [1.54, 1.807) is 12.5 Å². The van der Waals surface area contributed by atoms with Crippen molar-refractivity contribution in [1.82, 2.24) is 15.2 Å². The molecule has 5 heteroatoms. The second-order valence-electron chi connectivity index (χ2n) is 3.24. The lowest BCUT2D eigenvalue weighted by atomic mass is 10.1. The molecule has 1 atom stereocenters. The highest BCUT2D eigenvalue weighted by atomic mass is 16.3. The molecule has 0 bridgehead atoms. The zero-order valence-corrected chi connectivity index (χ0v) is 8.55. The number of furan rings is 1. The maximum absolute atomic E-state index is 5.50. The minimum Gasteiger partial charge on any atom is -0.467 e. The molecule has 0 saturated carbocycles. The summed E-state index contributed by atoms with van der Waals surface area (Å²) in [5.41, 5.74) is 3.71. The highest BCUT2D eigenvalue weighted by Crippen LogP contribution is 2.20. The number of hydrogen-bond donors (Lipinski definition) is 2. The Hall–Kier alpha value is -1.59. The topological polar surface area (TPSA) is 69.0 Å². The van der Waals surface area contributed by atoms with Gasteiger partial charge in [0.2, 0.25) is 0 Å². The van der Waals surface area contributed by atoms with Crippen LogP contribution in [0.3, 0.4) is 0 Å². The predicted octanol–water partition coefficient (Wildman–Crippen LogP) is 1.05. The van der Waals surface area contributed by atoms with Crippen LogP contribution in [-0.4, -0.2) is 9.78 Å². The Morgan fingerprint density at radius 3 is 3.07 bits per heavy atom. The first kappa shape index (κ1) is 9.95. The molecule has 0 spiro atoms. The largest absolute Gasteiger partial charge is 0.467 e. The smallest absolute Gasteiger partial charge is 0.126 e. The zero-order valence-electron chi connectivity index (χ0n) is 8.55. The van der Waals surface area contributed by atoms with Crippen LogP contribution in [0.4, 0.5) is 0 Å². The van der Waals surface area contributed by atoms with Crippen LogP contribution in [0, 0.1) is 0 Å². The molecule has 0 aliphatic carbocycles. The third kappa shape index (κ3) is 1.93. The number of hydrogen-bond acceptors (Lipinski definition) is 4. The fourth-order valence-electron chi connectivity index (χ4n) is 1.50. The summed E-state index contributed by atoms with van der Waals surface area (Å²) in [5, 5.41) is 4.19. The van der Waals surface area contributed by atoms with E-state index in [1.807, 2.05) is 29.9 Å².